The maximum Gasteiger partial charge on any atom is 0.410 e. The van der Waals surface area contributed by atoms with Gasteiger partial charge in [0.2, 0.25) is 0 Å². The fourth-order valence-corrected chi connectivity index (χ4v) is 14.4. The third kappa shape index (κ3) is 44.2. The number of benzene rings is 3. The van der Waals surface area contributed by atoms with Crippen molar-refractivity contribution in [3.05, 3.63) is 119 Å². The molecule has 36 heteroatoms. The van der Waals surface area contributed by atoms with Crippen molar-refractivity contribution in [1.29, 1.82) is 0 Å². The van der Waals surface area contributed by atoms with Gasteiger partial charge in [-0.25, -0.2) is 33.6 Å². The highest BCUT2D eigenvalue weighted by molar-refractivity contribution is 6.00. The van der Waals surface area contributed by atoms with Crippen molar-refractivity contribution in [3.8, 4) is 0 Å². The molecule has 0 saturated carbocycles. The quantitative estimate of drug-likeness (QED) is 0.0376. The number of hydrogen-bond donors (Lipinski definition) is 5. The molecule has 5 fully saturated rings. The molecule has 7 N–H and O–H groups in total. The van der Waals surface area contributed by atoms with E-state index in [0.717, 1.165) is 22.4 Å². The molecule has 9 rings (SSSR count). The van der Waals surface area contributed by atoms with E-state index in [9.17, 15) is 62.3 Å². The van der Waals surface area contributed by atoms with Crippen LogP contribution in [0, 0.1) is 29.6 Å². The zero-order valence-electron chi connectivity index (χ0n) is 182. The van der Waals surface area contributed by atoms with Gasteiger partial charge in [-0.3, -0.25) is 28.8 Å². The van der Waals surface area contributed by atoms with E-state index >= 15 is 0 Å². The van der Waals surface area contributed by atoms with Gasteiger partial charge < -0.3 is 114 Å². The summed E-state index contributed by atoms with van der Waals surface area (Å²) in [6.07, 6.45) is 0.708. The Hall–Kier alpha value is -10.9. The van der Waals surface area contributed by atoms with Crippen LogP contribution in [0.15, 0.2) is 102 Å². The summed E-state index contributed by atoms with van der Waals surface area (Å²) < 4.78 is 553. The van der Waals surface area contributed by atoms with Crippen molar-refractivity contribution in [1.82, 2.24) is 45.3 Å². The van der Waals surface area contributed by atoms with E-state index in [1.165, 1.54) is 14.7 Å². The third-order valence-corrected chi connectivity index (χ3v) is 20.9. The maximum atomic E-state index is 12.4. The molecule has 6 aliphatic heterocycles. The fourth-order valence-electron chi connectivity index (χ4n) is 14.4. The van der Waals surface area contributed by atoms with Crippen LogP contribution in [0.1, 0.15) is 370 Å². The second-order valence-electron chi connectivity index (χ2n) is 39.2. The minimum Gasteiger partial charge on any atom is -0.466 e. The van der Waals surface area contributed by atoms with Crippen molar-refractivity contribution in [2.24, 2.45) is 41.1 Å². The lowest BCUT2D eigenvalue weighted by molar-refractivity contribution is -0.154. The van der Waals surface area contributed by atoms with Crippen molar-refractivity contribution < 1.29 is 268 Å². The van der Waals surface area contributed by atoms with Gasteiger partial charge in [-0.05, 0) is 209 Å². The Balaban J connectivity index is -0.0000000350. The van der Waals surface area contributed by atoms with Gasteiger partial charge in [0.05, 0.1) is 75.4 Å². The molecule has 9 atom stereocenters. The van der Waals surface area contributed by atoms with Crippen molar-refractivity contribution in [3.63, 3.8) is 0 Å². The summed E-state index contributed by atoms with van der Waals surface area (Å²) in [6, 6.07) is 29.4. The van der Waals surface area contributed by atoms with Gasteiger partial charge in [-0.2, -0.15) is 0 Å². The minimum atomic E-state index is -0.888. The summed E-state index contributed by atoms with van der Waals surface area (Å²) in [7, 11) is 0. The number of likely N-dealkylation sites (tertiary alicyclic amines) is 5. The van der Waals surface area contributed by atoms with Crippen molar-refractivity contribution in [2.45, 2.75) is 282 Å². The summed E-state index contributed by atoms with van der Waals surface area (Å²) in [5.41, 5.74) is 13.2. The number of nitrogens with two attached hydrogens (primary N) is 2. The summed E-state index contributed by atoms with van der Waals surface area (Å²) in [5.74, 6) is -5.01. The Morgan fingerprint density at radius 3 is 0.919 bits per heavy atom. The number of rotatable bonds is 21. The zero-order valence-corrected chi connectivity index (χ0v) is 84.5. The molecule has 3 aromatic carbocycles. The van der Waals surface area contributed by atoms with Crippen LogP contribution in [0.2, 0.25) is 0 Å². The fraction of sp³-hybridized carbons (Fsp3) is 0.667. The van der Waals surface area contributed by atoms with E-state index in [0.29, 0.717) is 136 Å². The molecule has 3 aromatic rings. The number of Topliss-reactive ketones (excluding diaryl/α,β-unsaturated/α-hetero) is 1. The molecule has 0 spiro atoms. The number of carbonyl (C=O) groups excluding carboxylic acids is 13. The zero-order chi connectivity index (χ0) is 199. The Morgan fingerprint density at radius 1 is 0.341 bits per heavy atom. The van der Waals surface area contributed by atoms with Gasteiger partial charge in [0.1, 0.15) is 39.5 Å². The van der Waals surface area contributed by atoms with Gasteiger partial charge >= 0.3 is 72.4 Å². The number of ketones is 1. The minimum absolute atomic E-state index is 0. The third-order valence-electron chi connectivity index (χ3n) is 20.9. The first-order chi connectivity index (χ1) is 112. The van der Waals surface area contributed by atoms with Crippen LogP contribution in [0.5, 0.6) is 0 Å². The molecule has 36 nitrogen and oxygen atoms in total. The number of hydrogen-bond acceptors (Lipinski definition) is 30. The van der Waals surface area contributed by atoms with Crippen LogP contribution in [0.3, 0.4) is 0 Å². The van der Waals surface area contributed by atoms with Crippen LogP contribution in [0.25, 0.3) is 0 Å². The average Bonchev–Trinajstić information content (AvgIpc) is 0.762. The molecule has 6 aliphatic rings. The van der Waals surface area contributed by atoms with Crippen molar-refractivity contribution in [2.75, 3.05) is 118 Å². The molecular weight excluding hydrogens is 1740 g/mol. The van der Waals surface area contributed by atoms with Crippen LogP contribution in [0.4, 0.5) is 28.8 Å². The number of piperidine rings is 5. The predicted molar refractivity (Wildman–Crippen MR) is 615 cm³/mol. The normalized spacial score (nSPS) is 23.2. The van der Waals surface area contributed by atoms with Crippen molar-refractivity contribution >= 4 is 78.2 Å². The molecule has 0 aliphatic carbocycles. The topological polar surface area (TPSA) is 440 Å². The molecule has 860 valence electrons. The molecule has 0 aromatic heterocycles. The molecule has 135 heavy (non-hydrogen) atoms. The highest BCUT2D eigenvalue weighted by atomic mass is 16.6. The molecular formula is C99H259N11O25. The number of esters is 6. The van der Waals surface area contributed by atoms with E-state index in [1.807, 2.05) is 195 Å². The molecule has 9 unspecified atom stereocenters. The smallest absolute Gasteiger partial charge is 0.410 e. The van der Waals surface area contributed by atoms with Gasteiger partial charge in [0.25, 0.3) is 0 Å². The Morgan fingerprint density at radius 2 is 0.607 bits per heavy atom. The summed E-state index contributed by atoms with van der Waals surface area (Å²) in [4.78, 5) is 166. The predicted octanol–water partition coefficient (Wildman–Crippen LogP) is 25.4. The van der Waals surface area contributed by atoms with Crippen LogP contribution in [-0.4, -0.2) is 284 Å². The Labute approximate surface area is 953 Å². The van der Waals surface area contributed by atoms with Crippen LogP contribution < -0.4 is 27.4 Å². The second-order valence-corrected chi connectivity index (χ2v) is 39.2. The summed E-state index contributed by atoms with van der Waals surface area (Å²) in [5, 5.41) is 10.2. The number of carbonyl (C=O) groups is 13. The van der Waals surface area contributed by atoms with E-state index in [2.05, 4.69) is 16.0 Å². The largest absolute Gasteiger partial charge is 0.466 e. The van der Waals surface area contributed by atoms with Gasteiger partial charge in [-0.15, -0.1) is 0 Å². The first kappa shape index (κ1) is 60.7. The monoisotopic (exact) mass is 2100 g/mol. The van der Waals surface area contributed by atoms with Crippen LogP contribution >= 0.6 is 0 Å². The Bertz CT molecular complexity index is 4330. The first-order valence-corrected chi connectivity index (χ1v) is 47.1. The highest BCUT2D eigenvalue weighted by Gasteiger charge is 2.44. The maximum absolute atomic E-state index is 12.4. The number of amides is 6. The highest BCUT2D eigenvalue weighted by Crippen LogP contribution is 2.29. The lowest BCUT2D eigenvalue weighted by Gasteiger charge is -2.38. The Kier molecular flexibility index (Phi) is 25.2. The molecule has 0 bridgehead atoms. The van der Waals surface area contributed by atoms with Gasteiger partial charge in [0, 0.05) is 283 Å². The second kappa shape index (κ2) is 56.0. The molecule has 5 saturated heterocycles. The lowest BCUT2D eigenvalue weighted by atomic mass is 9.92. The van der Waals surface area contributed by atoms with E-state index in [1.54, 1.807) is 77.0 Å². The number of nitrogens with zero attached hydrogens (tertiary/aromatic N) is 6. The molecule has 6 heterocycles. The van der Waals surface area contributed by atoms with E-state index in [4.69, 9.17) is 214 Å². The van der Waals surface area contributed by atoms with E-state index in [-0.39, 0.29) is 115 Å². The number of ether oxygens (including phenoxy) is 12. The summed E-state index contributed by atoms with van der Waals surface area (Å²) in [6.45, 7) is 51.2. The van der Waals surface area contributed by atoms with E-state index < -0.39 is 99.5 Å². The lowest BCUT2D eigenvalue weighted by Crippen LogP contribution is -2.54. The first-order valence-electron chi connectivity index (χ1n) is 96.1. The standard InChI is InChI=1S/2C20H30N2O4.C20H28N2O4.2C13H24N2O4.C13H21NO5.51H2/c3*1-5-25-18(23)16-14-22(19(24)26-20(2,3)4)12-11-17(16)21-13-15-9-7-6-8-10-15;2*1-5-18-11(16)9-8-15(7-6-10(9)14)12(17)19-13(2,3)4;1-5-18-11(16)9-8-14(7-6-10(9)15)12(17)19-13(2,3)4;;;;;;;;;;;;;;;;;;;;;;;;;;;;;;;;;;;;;;;;;;;;;;;;;;;/h2*6-10,16-17,21H,5,11-14H2,1-4H3;6-10,21H,5,11-14H2,1-4H3;2*9-10H,5-8,14H2,1-4H3;9H,5-8H2,1-4H3;51*1H/i;;;;;;49*1+1D;2*1+1. The number of nitrogens with one attached hydrogen (secondary N) is 3. The van der Waals surface area contributed by atoms with Gasteiger partial charge in [0.15, 0.2) is 5.78 Å². The summed E-state index contributed by atoms with van der Waals surface area (Å²) >= 11 is 0. The van der Waals surface area contributed by atoms with Crippen LogP contribution in [-0.2, 0) is 110 Å². The van der Waals surface area contributed by atoms with Gasteiger partial charge in [-0.1, -0.05) is 91.0 Å². The molecule has 6 amide bonds. The SMILES string of the molecule is CCOC(=O)C1=C(NCc2ccccc2)CCN(C(=O)OC(C)(C)C)C1.CCOC(=O)C1CN(C(=O)OC(C)(C)C)CCC1=O.CCOC(=O)C1CN(C(=O)OC(C)(C)C)CCC1N.CCOC(=O)C1CN(C(=O)OC(C)(C)C)CCC1N.CCOC(=O)C1CN(C(=O)OC(C)(C)C)CCC1NCc1ccccc1.CCOC(=O)C1CN(C(=O)OC(C)(C)C)CCC1NCc1ccccc1.[2HH].[2HH].[2H][2H].[2H][2H].[2H][2H].[2H][2H].[2H][2H].[2H][2H].[2H][2H].[2H][2H].[2H][2H].[2H][2H].[2H][2H].[2H][2H].[2H][2H].[2H][2H].[2H][2H].[2H][2H].[2H][2H].[2H][2H].[2H][2H].[2H][2H].[2H][2H].[2H][2H].[2H][2H].[2H][2H].[2H][2H].[2H][2H].[2H][2H].[2H][2H].[2H][2H].[2H][2H].[2H][2H].[2H][2H].[2H][2H].[2H][2H].[2H][2H].[2H][2H].[2H][2H].[2H][2H].[2H][2H].[2H][2H].[2H][2H].[2H][2H].[2H][2H].[2H][2H].[2H][2H].[2H][2H].[2H][2H].[2H][2H].[2H][2H]. The average molecular weight is 2100 g/mol. The molecule has 0 radical (unpaired) electrons.